The smallest absolute Gasteiger partial charge is 0.273 e. The van der Waals surface area contributed by atoms with Crippen LogP contribution in [0.15, 0.2) is 28.9 Å². The molecule has 3 rings (SSSR count). The van der Waals surface area contributed by atoms with Crippen molar-refractivity contribution < 1.29 is 18.7 Å². The number of methoxy groups -OCH3 is 2. The van der Waals surface area contributed by atoms with Crippen molar-refractivity contribution in [2.75, 3.05) is 14.2 Å². The molecule has 7 nitrogen and oxygen atoms in total. The summed E-state index contributed by atoms with van der Waals surface area (Å²) in [6, 6.07) is 6.37. The van der Waals surface area contributed by atoms with Crippen LogP contribution in [0.25, 0.3) is 0 Å². The Bertz CT molecular complexity index is 801. The van der Waals surface area contributed by atoms with Gasteiger partial charge in [-0.05, 0) is 44.4 Å². The van der Waals surface area contributed by atoms with E-state index in [2.05, 4.69) is 29.0 Å². The third kappa shape index (κ3) is 5.04. The molecule has 0 radical (unpaired) electrons. The van der Waals surface area contributed by atoms with E-state index in [1.807, 2.05) is 18.2 Å². The summed E-state index contributed by atoms with van der Waals surface area (Å²) in [5.41, 5.74) is 1.37. The number of amides is 1. The van der Waals surface area contributed by atoms with Gasteiger partial charge < -0.3 is 19.2 Å². The monoisotopic (exact) mass is 387 g/mol. The zero-order chi connectivity index (χ0) is 20.1. The molecule has 0 bridgehead atoms. The predicted molar refractivity (Wildman–Crippen MR) is 106 cm³/mol. The van der Waals surface area contributed by atoms with E-state index in [9.17, 15) is 4.79 Å². The van der Waals surface area contributed by atoms with Gasteiger partial charge in [-0.3, -0.25) is 9.69 Å². The lowest BCUT2D eigenvalue weighted by molar-refractivity contribution is 0.0946. The molecule has 2 aromatic rings. The van der Waals surface area contributed by atoms with Gasteiger partial charge in [0.2, 0.25) is 5.89 Å². The third-order valence-electron chi connectivity index (χ3n) is 5.11. The molecule has 1 N–H and O–H groups in total. The zero-order valence-corrected chi connectivity index (χ0v) is 17.0. The fraction of sp³-hybridized carbons (Fsp3) is 0.524. The van der Waals surface area contributed by atoms with Gasteiger partial charge in [-0.15, -0.1) is 0 Å². The standard InChI is InChI=1S/C21H29N3O4/c1-5-14(2)24(11-15-10-17(26-3)8-9-19(15)27-4)12-20-23-18(13-28-20)21(25)22-16-6-7-16/h8-10,13-14,16H,5-7,11-12H2,1-4H3,(H,22,25). The molecule has 1 aliphatic rings. The molecule has 1 fully saturated rings. The van der Waals surface area contributed by atoms with E-state index in [0.29, 0.717) is 36.8 Å². The van der Waals surface area contributed by atoms with E-state index in [4.69, 9.17) is 13.9 Å². The number of hydrogen-bond donors (Lipinski definition) is 1. The average Bonchev–Trinajstić information content (AvgIpc) is 3.40. The van der Waals surface area contributed by atoms with E-state index >= 15 is 0 Å². The summed E-state index contributed by atoms with van der Waals surface area (Å²) in [6.07, 6.45) is 4.50. The topological polar surface area (TPSA) is 76.8 Å². The zero-order valence-electron chi connectivity index (χ0n) is 17.0. The molecule has 28 heavy (non-hydrogen) atoms. The molecule has 1 heterocycles. The summed E-state index contributed by atoms with van der Waals surface area (Å²) >= 11 is 0. The second-order valence-corrected chi connectivity index (χ2v) is 7.21. The van der Waals surface area contributed by atoms with E-state index in [0.717, 1.165) is 36.3 Å². The molecule has 0 saturated heterocycles. The van der Waals surface area contributed by atoms with Crippen molar-refractivity contribution in [3.63, 3.8) is 0 Å². The Morgan fingerprint density at radius 3 is 2.75 bits per heavy atom. The highest BCUT2D eigenvalue weighted by molar-refractivity contribution is 5.92. The van der Waals surface area contributed by atoms with Crippen LogP contribution in [0, 0.1) is 0 Å². The summed E-state index contributed by atoms with van der Waals surface area (Å²) in [4.78, 5) is 18.8. The number of benzene rings is 1. The number of ether oxygens (including phenoxy) is 2. The molecule has 7 heteroatoms. The van der Waals surface area contributed by atoms with Crippen LogP contribution in [-0.4, -0.2) is 42.1 Å². The van der Waals surface area contributed by atoms with Crippen molar-refractivity contribution in [2.24, 2.45) is 0 Å². The number of nitrogens with zero attached hydrogens (tertiary/aromatic N) is 2. The van der Waals surface area contributed by atoms with Crippen molar-refractivity contribution in [1.82, 2.24) is 15.2 Å². The van der Waals surface area contributed by atoms with Crippen LogP contribution in [0.4, 0.5) is 0 Å². The van der Waals surface area contributed by atoms with Gasteiger partial charge >= 0.3 is 0 Å². The maximum Gasteiger partial charge on any atom is 0.273 e. The molecule has 152 valence electrons. The highest BCUT2D eigenvalue weighted by Crippen LogP contribution is 2.27. The van der Waals surface area contributed by atoms with Crippen molar-refractivity contribution in [1.29, 1.82) is 0 Å². The average molecular weight is 387 g/mol. The van der Waals surface area contributed by atoms with Crippen molar-refractivity contribution in [3.05, 3.63) is 41.6 Å². The molecule has 1 aliphatic carbocycles. The Morgan fingerprint density at radius 2 is 2.11 bits per heavy atom. The molecule has 1 aromatic carbocycles. The van der Waals surface area contributed by atoms with Gasteiger partial charge in [0.05, 0.1) is 20.8 Å². The molecule has 1 aromatic heterocycles. The van der Waals surface area contributed by atoms with Gasteiger partial charge in [-0.25, -0.2) is 4.98 Å². The lowest BCUT2D eigenvalue weighted by Gasteiger charge is -2.28. The SMILES string of the molecule is CCC(C)N(Cc1nc(C(=O)NC2CC2)co1)Cc1cc(OC)ccc1OC. The minimum Gasteiger partial charge on any atom is -0.497 e. The van der Waals surface area contributed by atoms with E-state index in [1.165, 1.54) is 6.26 Å². The molecule has 1 atom stereocenters. The molecule has 1 unspecified atom stereocenters. The summed E-state index contributed by atoms with van der Waals surface area (Å²) in [7, 11) is 3.32. The number of carbonyl (C=O) groups is 1. The highest BCUT2D eigenvalue weighted by atomic mass is 16.5. The first kappa shape index (κ1) is 20.2. The molecule has 1 amide bonds. The first-order valence-corrected chi connectivity index (χ1v) is 9.74. The quantitative estimate of drug-likeness (QED) is 0.673. The first-order chi connectivity index (χ1) is 13.5. The summed E-state index contributed by atoms with van der Waals surface area (Å²) in [5.74, 6) is 1.96. The van der Waals surface area contributed by atoms with Crippen LogP contribution < -0.4 is 14.8 Å². The molecule has 0 aliphatic heterocycles. The fourth-order valence-corrected chi connectivity index (χ4v) is 3.00. The van der Waals surface area contributed by atoms with Crippen LogP contribution in [0.1, 0.15) is 55.1 Å². The summed E-state index contributed by atoms with van der Waals surface area (Å²) in [6.45, 7) is 5.47. The van der Waals surface area contributed by atoms with Gasteiger partial charge in [0, 0.05) is 24.2 Å². The van der Waals surface area contributed by atoms with Crippen LogP contribution >= 0.6 is 0 Å². The predicted octanol–water partition coefficient (Wildman–Crippen LogP) is 3.38. The highest BCUT2D eigenvalue weighted by Gasteiger charge is 2.26. The van der Waals surface area contributed by atoms with Crippen LogP contribution in [0.2, 0.25) is 0 Å². The Kier molecular flexibility index (Phi) is 6.57. The third-order valence-corrected chi connectivity index (χ3v) is 5.11. The normalized spacial score (nSPS) is 14.8. The van der Waals surface area contributed by atoms with E-state index in [-0.39, 0.29) is 5.91 Å². The fourth-order valence-electron chi connectivity index (χ4n) is 3.00. The number of nitrogens with one attached hydrogen (secondary N) is 1. The Hall–Kier alpha value is -2.54. The summed E-state index contributed by atoms with van der Waals surface area (Å²) in [5, 5.41) is 2.93. The molecular formula is C21H29N3O4. The van der Waals surface area contributed by atoms with E-state index in [1.54, 1.807) is 14.2 Å². The number of rotatable bonds is 10. The lowest BCUT2D eigenvalue weighted by atomic mass is 10.1. The van der Waals surface area contributed by atoms with Crippen molar-refractivity contribution >= 4 is 5.91 Å². The van der Waals surface area contributed by atoms with Gasteiger partial charge in [0.1, 0.15) is 17.8 Å². The van der Waals surface area contributed by atoms with Crippen LogP contribution in [0.5, 0.6) is 11.5 Å². The summed E-state index contributed by atoms with van der Waals surface area (Å²) < 4.78 is 16.5. The van der Waals surface area contributed by atoms with Crippen LogP contribution in [-0.2, 0) is 13.1 Å². The maximum atomic E-state index is 12.2. The minimum atomic E-state index is -0.165. The first-order valence-electron chi connectivity index (χ1n) is 9.74. The minimum absolute atomic E-state index is 0.165. The molecule has 1 saturated carbocycles. The van der Waals surface area contributed by atoms with Gasteiger partial charge in [0.25, 0.3) is 5.91 Å². The molecular weight excluding hydrogens is 358 g/mol. The second kappa shape index (κ2) is 9.10. The lowest BCUT2D eigenvalue weighted by Crippen LogP contribution is -2.32. The van der Waals surface area contributed by atoms with Gasteiger partial charge in [-0.2, -0.15) is 0 Å². The van der Waals surface area contributed by atoms with Gasteiger partial charge in [0.15, 0.2) is 5.69 Å². The van der Waals surface area contributed by atoms with Crippen LogP contribution in [0.3, 0.4) is 0 Å². The largest absolute Gasteiger partial charge is 0.497 e. The Morgan fingerprint density at radius 1 is 1.32 bits per heavy atom. The van der Waals surface area contributed by atoms with Gasteiger partial charge in [-0.1, -0.05) is 6.92 Å². The van der Waals surface area contributed by atoms with Crippen molar-refractivity contribution in [3.8, 4) is 11.5 Å². The number of hydrogen-bond acceptors (Lipinski definition) is 6. The number of oxazole rings is 1. The van der Waals surface area contributed by atoms with E-state index < -0.39 is 0 Å². The molecule has 0 spiro atoms. The number of carbonyl (C=O) groups excluding carboxylic acids is 1. The number of aromatic nitrogens is 1. The van der Waals surface area contributed by atoms with Crippen molar-refractivity contribution in [2.45, 2.75) is 58.3 Å². The maximum absolute atomic E-state index is 12.2. The Balaban J connectivity index is 1.74. The second-order valence-electron chi connectivity index (χ2n) is 7.21. The Labute approximate surface area is 166 Å².